The number of hydrogen-bond acceptors (Lipinski definition) is 10. The van der Waals surface area contributed by atoms with Crippen LogP contribution in [-0.4, -0.2) is 77.1 Å². The zero-order chi connectivity index (χ0) is 37.8. The Kier molecular flexibility index (Phi) is 9.32. The summed E-state index contributed by atoms with van der Waals surface area (Å²) in [6.07, 6.45) is -3.14. The van der Waals surface area contributed by atoms with E-state index in [-0.39, 0.29) is 77.7 Å². The van der Waals surface area contributed by atoms with Gasteiger partial charge in [-0.2, -0.15) is 22.7 Å². The highest BCUT2D eigenvalue weighted by atomic mass is 35.5. The van der Waals surface area contributed by atoms with Gasteiger partial charge in [-0.15, -0.1) is 5.10 Å². The third-order valence-corrected chi connectivity index (χ3v) is 9.88. The van der Waals surface area contributed by atoms with E-state index < -0.39 is 35.7 Å². The van der Waals surface area contributed by atoms with E-state index in [9.17, 15) is 32.7 Å². The Morgan fingerprint density at radius 2 is 1.81 bits per heavy atom. The average Bonchev–Trinajstić information content (AvgIpc) is 3.80. The number of benzene rings is 2. The van der Waals surface area contributed by atoms with Gasteiger partial charge in [-0.3, -0.25) is 14.4 Å². The van der Waals surface area contributed by atoms with Crippen molar-refractivity contribution in [3.63, 3.8) is 0 Å². The first-order valence-corrected chi connectivity index (χ1v) is 17.1. The first-order chi connectivity index (χ1) is 25.3. The Hall–Kier alpha value is -5.55. The van der Waals surface area contributed by atoms with Crippen LogP contribution in [-0.2, 0) is 41.9 Å². The highest BCUT2D eigenvalue weighted by Crippen LogP contribution is 2.34. The second kappa shape index (κ2) is 13.8. The van der Waals surface area contributed by atoms with Gasteiger partial charge in [0.1, 0.15) is 18.6 Å². The van der Waals surface area contributed by atoms with Crippen LogP contribution in [0.15, 0.2) is 41.5 Å². The van der Waals surface area contributed by atoms with E-state index in [0.717, 1.165) is 39.4 Å². The zero-order valence-corrected chi connectivity index (χ0v) is 29.5. The summed E-state index contributed by atoms with van der Waals surface area (Å²) in [5.41, 5.74) is 3.02. The number of rotatable bonds is 7. The number of aromatic nitrogens is 6. The minimum atomic E-state index is -4.62. The number of carbonyl (C=O) groups is 2. The number of nitrogens with one attached hydrogen (secondary N) is 1. The van der Waals surface area contributed by atoms with E-state index in [1.807, 2.05) is 30.9 Å². The van der Waals surface area contributed by atoms with Crippen molar-refractivity contribution in [2.75, 3.05) is 36.4 Å². The molecule has 0 bridgehead atoms. The summed E-state index contributed by atoms with van der Waals surface area (Å²) in [6.45, 7) is 6.65. The molecular weight excluding hydrogens is 719 g/mol. The molecule has 2 N–H and O–H groups in total. The molecule has 5 heterocycles. The Morgan fingerprint density at radius 1 is 1.06 bits per heavy atom. The van der Waals surface area contributed by atoms with Crippen molar-refractivity contribution in [3.05, 3.63) is 91.4 Å². The molecule has 18 heteroatoms. The summed E-state index contributed by atoms with van der Waals surface area (Å²) in [7, 11) is 0. The number of ether oxygens (including phenoxy) is 1. The van der Waals surface area contributed by atoms with Crippen molar-refractivity contribution in [2.24, 2.45) is 0 Å². The van der Waals surface area contributed by atoms with Gasteiger partial charge < -0.3 is 29.5 Å². The maximum Gasteiger partial charge on any atom is 0.416 e. The molecular formula is C35H33ClF3N9O5. The monoisotopic (exact) mass is 751 g/mol. The molecule has 1 saturated heterocycles. The number of amides is 2. The number of piperazine rings is 1. The average molecular weight is 752 g/mol. The first-order valence-electron chi connectivity index (χ1n) is 16.7. The summed E-state index contributed by atoms with van der Waals surface area (Å²) < 4.78 is 48.1. The number of carbonyl (C=O) groups excluding carboxylic acids is 2. The van der Waals surface area contributed by atoms with Crippen molar-refractivity contribution in [2.45, 2.75) is 53.1 Å². The standard InChI is InChI=1S/C35H33ClF3N9O5/c1-4-26-29(45-9-11-46(12-10-45)32(51)28-30(50)19(3)40-17-41-28)33(52)48-34(43-31(44-48)22-7-5-20-15-53-16-23(20)18(22)2)47(26)14-27(49)42-25-8-6-21(13-24(25)36)35(37,38)39/h5-8,13,17,50H,4,9-12,14-16H2,1-3H3,(H,42,49). The molecule has 2 amide bonds. The fraction of sp³-hybridized carbons (Fsp3) is 0.343. The summed E-state index contributed by atoms with van der Waals surface area (Å²) in [5, 5.41) is 17.3. The lowest BCUT2D eigenvalue weighted by molar-refractivity contribution is -0.137. The molecule has 0 radical (unpaired) electrons. The van der Waals surface area contributed by atoms with Crippen molar-refractivity contribution in [1.82, 2.24) is 34.0 Å². The highest BCUT2D eigenvalue weighted by Gasteiger charge is 2.32. The molecule has 0 unspecified atom stereocenters. The van der Waals surface area contributed by atoms with Gasteiger partial charge in [0.05, 0.1) is 40.9 Å². The number of aromatic hydroxyl groups is 1. The molecule has 0 spiro atoms. The van der Waals surface area contributed by atoms with E-state index in [2.05, 4.69) is 20.4 Å². The SMILES string of the molecule is CCc1c(N2CCN(C(=O)c3ncnc(C)c3O)CC2)c(=O)n2nc(-c3ccc4c(c3C)COC4)nc2n1CC(=O)Nc1ccc(C(F)(F)F)cc1Cl. The molecule has 2 aliphatic rings. The van der Waals surface area contributed by atoms with Gasteiger partial charge in [-0.1, -0.05) is 30.7 Å². The number of nitrogens with zero attached hydrogens (tertiary/aromatic N) is 8. The molecule has 0 atom stereocenters. The third-order valence-electron chi connectivity index (χ3n) is 9.56. The van der Waals surface area contributed by atoms with E-state index in [4.69, 9.17) is 21.3 Å². The third kappa shape index (κ3) is 6.54. The highest BCUT2D eigenvalue weighted by molar-refractivity contribution is 6.33. The molecule has 7 rings (SSSR count). The van der Waals surface area contributed by atoms with Crippen LogP contribution in [0.4, 0.5) is 24.5 Å². The molecule has 0 aliphatic carbocycles. The van der Waals surface area contributed by atoms with E-state index in [0.29, 0.717) is 24.5 Å². The number of alkyl halides is 3. The van der Waals surface area contributed by atoms with Gasteiger partial charge >= 0.3 is 6.18 Å². The van der Waals surface area contributed by atoms with Gasteiger partial charge in [-0.25, -0.2) is 9.97 Å². The van der Waals surface area contributed by atoms with Crippen LogP contribution in [0.5, 0.6) is 5.75 Å². The summed E-state index contributed by atoms with van der Waals surface area (Å²) >= 11 is 6.15. The number of hydrogen-bond donors (Lipinski definition) is 2. The lowest BCUT2D eigenvalue weighted by Crippen LogP contribution is -2.51. The molecule has 1 fully saturated rings. The van der Waals surface area contributed by atoms with Gasteiger partial charge in [-0.05, 0) is 55.2 Å². The fourth-order valence-corrected chi connectivity index (χ4v) is 6.96. The van der Waals surface area contributed by atoms with Gasteiger partial charge in [0.15, 0.2) is 17.3 Å². The molecule has 3 aromatic heterocycles. The second-order valence-corrected chi connectivity index (χ2v) is 13.1. The lowest BCUT2D eigenvalue weighted by Gasteiger charge is -2.36. The predicted molar refractivity (Wildman–Crippen MR) is 187 cm³/mol. The maximum atomic E-state index is 14.4. The number of halogens is 4. The molecule has 276 valence electrons. The molecule has 2 aliphatic heterocycles. The van der Waals surface area contributed by atoms with Crippen LogP contribution in [0.2, 0.25) is 5.02 Å². The Labute approximate surface area is 304 Å². The van der Waals surface area contributed by atoms with Crippen molar-refractivity contribution >= 4 is 40.6 Å². The van der Waals surface area contributed by atoms with Crippen molar-refractivity contribution in [1.29, 1.82) is 0 Å². The first kappa shape index (κ1) is 35.8. The Balaban J connectivity index is 1.27. The molecule has 2 aromatic carbocycles. The normalized spacial score (nSPS) is 14.5. The van der Waals surface area contributed by atoms with Gasteiger partial charge in [0, 0.05) is 31.7 Å². The van der Waals surface area contributed by atoms with Crippen molar-refractivity contribution < 1.29 is 32.6 Å². The molecule has 14 nitrogen and oxygen atoms in total. The van der Waals surface area contributed by atoms with Gasteiger partial charge in [0.25, 0.3) is 11.5 Å². The summed E-state index contributed by atoms with van der Waals surface area (Å²) in [5.74, 6) is -1.08. The fourth-order valence-electron chi connectivity index (χ4n) is 6.73. The minimum Gasteiger partial charge on any atom is -0.504 e. The van der Waals surface area contributed by atoms with E-state index in [1.54, 1.807) is 11.5 Å². The molecule has 0 saturated carbocycles. The Bertz CT molecular complexity index is 2350. The lowest BCUT2D eigenvalue weighted by atomic mass is 9.98. The van der Waals surface area contributed by atoms with Crippen molar-refractivity contribution in [3.8, 4) is 17.1 Å². The van der Waals surface area contributed by atoms with E-state index >= 15 is 0 Å². The van der Waals surface area contributed by atoms with Gasteiger partial charge in [0.2, 0.25) is 11.7 Å². The van der Waals surface area contributed by atoms with Crippen LogP contribution in [0.25, 0.3) is 17.2 Å². The summed E-state index contributed by atoms with van der Waals surface area (Å²) in [4.78, 5) is 57.3. The number of fused-ring (bicyclic) bond motifs is 2. The number of anilines is 2. The predicted octanol–water partition coefficient (Wildman–Crippen LogP) is 4.54. The largest absolute Gasteiger partial charge is 0.504 e. The van der Waals surface area contributed by atoms with Crippen LogP contribution in [0.3, 0.4) is 0 Å². The smallest absolute Gasteiger partial charge is 0.416 e. The van der Waals surface area contributed by atoms with Crippen LogP contribution < -0.4 is 15.8 Å². The second-order valence-electron chi connectivity index (χ2n) is 12.7. The summed E-state index contributed by atoms with van der Waals surface area (Å²) in [6, 6.07) is 6.42. The maximum absolute atomic E-state index is 14.4. The molecule has 53 heavy (non-hydrogen) atoms. The van der Waals surface area contributed by atoms with E-state index in [1.165, 1.54) is 11.2 Å². The minimum absolute atomic E-state index is 0.0242. The Morgan fingerprint density at radius 3 is 2.51 bits per heavy atom. The van der Waals surface area contributed by atoms with Crippen LogP contribution >= 0.6 is 11.6 Å². The zero-order valence-electron chi connectivity index (χ0n) is 28.8. The van der Waals surface area contributed by atoms with Crippen LogP contribution in [0.1, 0.15) is 51.1 Å². The topological polar surface area (TPSA) is 160 Å². The van der Waals surface area contributed by atoms with Crippen LogP contribution in [0, 0.1) is 13.8 Å². The number of aryl methyl sites for hydroxylation is 1. The quantitative estimate of drug-likeness (QED) is 0.242. The molecule has 5 aromatic rings.